The van der Waals surface area contributed by atoms with Crippen molar-refractivity contribution in [2.45, 2.75) is 45.6 Å². The molecule has 0 unspecified atom stereocenters. The van der Waals surface area contributed by atoms with E-state index in [-0.39, 0.29) is 12.0 Å². The number of likely N-dealkylation sites (tertiary alicyclic amines) is 1. The number of hydrogen-bond donors (Lipinski definition) is 0. The molecule has 1 saturated heterocycles. The smallest absolute Gasteiger partial charge is 0.410 e. The SMILES string of the molecule is CN(CC1CCN(C(=O)CCOc2ccc(Cl)cc2)CC1)C(=O)OC(C)(C)C. The van der Waals surface area contributed by atoms with E-state index in [9.17, 15) is 9.59 Å². The summed E-state index contributed by atoms with van der Waals surface area (Å²) in [5.41, 5.74) is -0.491. The Bertz CT molecular complexity index is 649. The molecule has 1 fully saturated rings. The standard InChI is InChI=1S/C21H31ClN2O4/c1-21(2,3)28-20(26)23(4)15-16-9-12-24(13-10-16)19(25)11-14-27-18-7-5-17(22)6-8-18/h5-8,16H,9-15H2,1-4H3. The van der Waals surface area contributed by atoms with Crippen LogP contribution in [0.25, 0.3) is 0 Å². The Kier molecular flexibility index (Phi) is 7.98. The van der Waals surface area contributed by atoms with Crippen LogP contribution in [0.3, 0.4) is 0 Å². The number of carbonyl (C=O) groups excluding carboxylic acids is 2. The summed E-state index contributed by atoms with van der Waals surface area (Å²) in [6.45, 7) is 8.01. The Morgan fingerprint density at radius 2 is 1.79 bits per heavy atom. The summed E-state index contributed by atoms with van der Waals surface area (Å²) in [6, 6.07) is 7.11. The van der Waals surface area contributed by atoms with Crippen molar-refractivity contribution < 1.29 is 19.1 Å². The number of hydrogen-bond acceptors (Lipinski definition) is 4. The first-order chi connectivity index (χ1) is 13.1. The van der Waals surface area contributed by atoms with Gasteiger partial charge in [-0.15, -0.1) is 0 Å². The second-order valence-electron chi connectivity index (χ2n) is 8.24. The quantitative estimate of drug-likeness (QED) is 0.704. The number of ether oxygens (including phenoxy) is 2. The van der Waals surface area contributed by atoms with E-state index in [2.05, 4.69) is 0 Å². The van der Waals surface area contributed by atoms with E-state index in [1.54, 1.807) is 36.2 Å². The van der Waals surface area contributed by atoms with Crippen LogP contribution >= 0.6 is 11.6 Å². The molecule has 156 valence electrons. The summed E-state index contributed by atoms with van der Waals surface area (Å²) in [5.74, 6) is 1.20. The van der Waals surface area contributed by atoms with Crippen LogP contribution in [-0.2, 0) is 9.53 Å². The molecule has 0 atom stereocenters. The minimum Gasteiger partial charge on any atom is -0.493 e. The number of halogens is 1. The van der Waals surface area contributed by atoms with Crippen molar-refractivity contribution in [2.24, 2.45) is 5.92 Å². The van der Waals surface area contributed by atoms with E-state index in [0.717, 1.165) is 12.8 Å². The Hall–Kier alpha value is -1.95. The molecule has 0 aromatic heterocycles. The van der Waals surface area contributed by atoms with Gasteiger partial charge in [0.05, 0.1) is 13.0 Å². The lowest BCUT2D eigenvalue weighted by Gasteiger charge is -2.34. The molecule has 0 bridgehead atoms. The van der Waals surface area contributed by atoms with Crippen molar-refractivity contribution in [2.75, 3.05) is 33.3 Å². The molecule has 0 spiro atoms. The Morgan fingerprint density at radius 1 is 1.18 bits per heavy atom. The van der Waals surface area contributed by atoms with Gasteiger partial charge in [0, 0.05) is 31.7 Å². The van der Waals surface area contributed by atoms with Crippen LogP contribution in [-0.4, -0.2) is 60.7 Å². The van der Waals surface area contributed by atoms with Gasteiger partial charge in [0.1, 0.15) is 11.4 Å². The number of amides is 2. The highest BCUT2D eigenvalue weighted by atomic mass is 35.5. The molecule has 28 heavy (non-hydrogen) atoms. The molecule has 0 saturated carbocycles. The first kappa shape index (κ1) is 22.3. The van der Waals surface area contributed by atoms with E-state index in [4.69, 9.17) is 21.1 Å². The average Bonchev–Trinajstić information content (AvgIpc) is 2.62. The molecule has 2 amide bonds. The van der Waals surface area contributed by atoms with Gasteiger partial charge in [-0.3, -0.25) is 4.79 Å². The van der Waals surface area contributed by atoms with Crippen LogP contribution in [0.15, 0.2) is 24.3 Å². The predicted octanol–water partition coefficient (Wildman–Crippen LogP) is 4.21. The summed E-state index contributed by atoms with van der Waals surface area (Å²) >= 11 is 5.84. The van der Waals surface area contributed by atoms with Crippen molar-refractivity contribution in [3.63, 3.8) is 0 Å². The van der Waals surface area contributed by atoms with Crippen molar-refractivity contribution >= 4 is 23.6 Å². The first-order valence-corrected chi connectivity index (χ1v) is 10.1. The highest BCUT2D eigenvalue weighted by Gasteiger charge is 2.26. The van der Waals surface area contributed by atoms with E-state index >= 15 is 0 Å². The molecule has 1 aliphatic heterocycles. The molecule has 1 heterocycles. The lowest BCUT2D eigenvalue weighted by Crippen LogP contribution is -2.43. The third kappa shape index (κ3) is 7.58. The molecule has 1 aromatic carbocycles. The van der Waals surface area contributed by atoms with Gasteiger partial charge >= 0.3 is 6.09 Å². The Balaban J connectivity index is 1.67. The number of carbonyl (C=O) groups is 2. The predicted molar refractivity (Wildman–Crippen MR) is 110 cm³/mol. The maximum absolute atomic E-state index is 12.4. The van der Waals surface area contributed by atoms with Crippen molar-refractivity contribution in [3.8, 4) is 5.75 Å². The van der Waals surface area contributed by atoms with Gasteiger partial charge in [0.25, 0.3) is 0 Å². The van der Waals surface area contributed by atoms with Gasteiger partial charge in [-0.1, -0.05) is 11.6 Å². The monoisotopic (exact) mass is 410 g/mol. The maximum atomic E-state index is 12.4. The lowest BCUT2D eigenvalue weighted by molar-refractivity contribution is -0.133. The Labute approximate surface area is 172 Å². The summed E-state index contributed by atoms with van der Waals surface area (Å²) in [6.07, 6.45) is 1.82. The highest BCUT2D eigenvalue weighted by Crippen LogP contribution is 2.20. The number of nitrogens with zero attached hydrogens (tertiary/aromatic N) is 2. The largest absolute Gasteiger partial charge is 0.493 e. The van der Waals surface area contributed by atoms with Crippen LogP contribution in [0.5, 0.6) is 5.75 Å². The van der Waals surface area contributed by atoms with Crippen molar-refractivity contribution in [3.05, 3.63) is 29.3 Å². The Morgan fingerprint density at radius 3 is 2.36 bits per heavy atom. The normalized spacial score (nSPS) is 15.2. The summed E-state index contributed by atoms with van der Waals surface area (Å²) < 4.78 is 11.0. The summed E-state index contributed by atoms with van der Waals surface area (Å²) in [5, 5.41) is 0.656. The fourth-order valence-corrected chi connectivity index (χ4v) is 3.24. The third-order valence-corrected chi connectivity index (χ3v) is 4.85. The molecule has 6 nitrogen and oxygen atoms in total. The van der Waals surface area contributed by atoms with Crippen LogP contribution in [0, 0.1) is 5.92 Å². The molecule has 2 rings (SSSR count). The van der Waals surface area contributed by atoms with Crippen LogP contribution in [0.4, 0.5) is 4.79 Å². The molecular formula is C21H31ClN2O4. The summed E-state index contributed by atoms with van der Waals surface area (Å²) in [4.78, 5) is 28.0. The minimum atomic E-state index is -0.491. The van der Waals surface area contributed by atoms with Gasteiger partial charge in [0.15, 0.2) is 0 Å². The van der Waals surface area contributed by atoms with E-state index in [1.165, 1.54) is 0 Å². The van der Waals surface area contributed by atoms with Crippen LogP contribution in [0.2, 0.25) is 5.02 Å². The lowest BCUT2D eigenvalue weighted by atomic mass is 9.96. The van der Waals surface area contributed by atoms with Gasteiger partial charge in [0.2, 0.25) is 5.91 Å². The maximum Gasteiger partial charge on any atom is 0.410 e. The third-order valence-electron chi connectivity index (χ3n) is 4.60. The zero-order chi connectivity index (χ0) is 20.7. The molecule has 1 aromatic rings. The second-order valence-corrected chi connectivity index (χ2v) is 8.67. The van der Waals surface area contributed by atoms with E-state index in [1.807, 2.05) is 25.7 Å². The summed E-state index contributed by atoms with van der Waals surface area (Å²) in [7, 11) is 1.76. The molecule has 0 N–H and O–H groups in total. The van der Waals surface area contributed by atoms with Crippen LogP contribution < -0.4 is 4.74 Å². The fourth-order valence-electron chi connectivity index (χ4n) is 3.11. The number of rotatable bonds is 6. The fraction of sp³-hybridized carbons (Fsp3) is 0.619. The molecule has 1 aliphatic rings. The highest BCUT2D eigenvalue weighted by molar-refractivity contribution is 6.30. The van der Waals surface area contributed by atoms with Gasteiger partial charge in [-0.25, -0.2) is 4.79 Å². The number of piperidine rings is 1. The molecule has 0 radical (unpaired) electrons. The van der Waals surface area contributed by atoms with E-state index in [0.29, 0.717) is 49.4 Å². The number of benzene rings is 1. The van der Waals surface area contributed by atoms with Crippen molar-refractivity contribution in [1.29, 1.82) is 0 Å². The molecular weight excluding hydrogens is 380 g/mol. The topological polar surface area (TPSA) is 59.1 Å². The van der Waals surface area contributed by atoms with E-state index < -0.39 is 5.60 Å². The molecule has 7 heteroatoms. The van der Waals surface area contributed by atoms with Crippen molar-refractivity contribution in [1.82, 2.24) is 9.80 Å². The van der Waals surface area contributed by atoms with Gasteiger partial charge in [-0.05, 0) is 63.8 Å². The molecule has 0 aliphatic carbocycles. The van der Waals surface area contributed by atoms with Crippen LogP contribution in [0.1, 0.15) is 40.0 Å². The minimum absolute atomic E-state index is 0.105. The zero-order valence-electron chi connectivity index (χ0n) is 17.2. The second kappa shape index (κ2) is 10.0. The first-order valence-electron chi connectivity index (χ1n) is 9.74. The van der Waals surface area contributed by atoms with Gasteiger partial charge in [-0.2, -0.15) is 0 Å². The zero-order valence-corrected chi connectivity index (χ0v) is 18.0. The average molecular weight is 411 g/mol. The van der Waals surface area contributed by atoms with Gasteiger partial charge < -0.3 is 19.3 Å².